The van der Waals surface area contributed by atoms with Crippen molar-refractivity contribution < 1.29 is 28.6 Å². The molecule has 1 atom stereocenters. The molecule has 0 bridgehead atoms. The third-order valence-corrected chi connectivity index (χ3v) is 14.6. The van der Waals surface area contributed by atoms with E-state index in [0.717, 1.165) is 57.8 Å². The average Bonchev–Trinajstić information content (AvgIpc) is 3.35. The zero-order valence-electron chi connectivity index (χ0n) is 47.1. The number of esters is 3. The van der Waals surface area contributed by atoms with E-state index in [4.69, 9.17) is 14.2 Å². The first-order chi connectivity index (χ1) is 34.0. The topological polar surface area (TPSA) is 78.9 Å². The summed E-state index contributed by atoms with van der Waals surface area (Å²) in [6.07, 6.45) is 67.1. The van der Waals surface area contributed by atoms with Crippen LogP contribution in [0.1, 0.15) is 367 Å². The monoisotopic (exact) mass is 975 g/mol. The normalized spacial score (nSPS) is 11.9. The van der Waals surface area contributed by atoms with Crippen molar-refractivity contribution in [3.8, 4) is 0 Å². The molecule has 0 amide bonds. The highest BCUT2D eigenvalue weighted by Crippen LogP contribution is 2.18. The van der Waals surface area contributed by atoms with Gasteiger partial charge in [0.1, 0.15) is 13.2 Å². The molecule has 0 aliphatic carbocycles. The van der Waals surface area contributed by atoms with Crippen LogP contribution in [0.4, 0.5) is 0 Å². The molecule has 0 spiro atoms. The maximum Gasteiger partial charge on any atom is 0.306 e. The lowest BCUT2D eigenvalue weighted by atomic mass is 10.0. The van der Waals surface area contributed by atoms with E-state index in [9.17, 15) is 14.4 Å². The fourth-order valence-electron chi connectivity index (χ4n) is 9.86. The van der Waals surface area contributed by atoms with Crippen LogP contribution in [0.2, 0.25) is 0 Å². The Morgan fingerprint density at radius 1 is 0.232 bits per heavy atom. The number of hydrogen-bond donors (Lipinski definition) is 0. The molecule has 410 valence electrons. The molecule has 0 aromatic rings. The van der Waals surface area contributed by atoms with Crippen molar-refractivity contribution in [1.82, 2.24) is 0 Å². The van der Waals surface area contributed by atoms with Crippen molar-refractivity contribution in [2.45, 2.75) is 374 Å². The van der Waals surface area contributed by atoms with Gasteiger partial charge in [0.05, 0.1) is 0 Å². The smallest absolute Gasteiger partial charge is 0.306 e. The molecular formula is C63H122O6. The van der Waals surface area contributed by atoms with Crippen LogP contribution in [0.15, 0.2) is 0 Å². The van der Waals surface area contributed by atoms with Crippen LogP contribution in [0, 0.1) is 0 Å². The van der Waals surface area contributed by atoms with Crippen LogP contribution in [0.3, 0.4) is 0 Å². The first-order valence-electron chi connectivity index (χ1n) is 31.5. The molecule has 0 saturated heterocycles. The highest BCUT2D eigenvalue weighted by atomic mass is 16.6. The Hall–Kier alpha value is -1.59. The Balaban J connectivity index is 4.03. The Morgan fingerprint density at radius 3 is 0.580 bits per heavy atom. The van der Waals surface area contributed by atoms with Crippen LogP contribution < -0.4 is 0 Å². The lowest BCUT2D eigenvalue weighted by Crippen LogP contribution is -2.30. The van der Waals surface area contributed by atoms with Crippen molar-refractivity contribution in [3.05, 3.63) is 0 Å². The number of hydrogen-bond acceptors (Lipinski definition) is 6. The molecule has 0 fully saturated rings. The second-order valence-corrected chi connectivity index (χ2v) is 21.7. The summed E-state index contributed by atoms with van der Waals surface area (Å²) in [6, 6.07) is 0. The maximum atomic E-state index is 12.8. The van der Waals surface area contributed by atoms with Gasteiger partial charge in [0.25, 0.3) is 0 Å². The predicted octanol–water partition coefficient (Wildman–Crippen LogP) is 21.1. The van der Waals surface area contributed by atoms with Gasteiger partial charge in [0.15, 0.2) is 6.10 Å². The third kappa shape index (κ3) is 57.2. The van der Waals surface area contributed by atoms with E-state index in [1.165, 1.54) is 270 Å². The second kappa shape index (κ2) is 59.0. The van der Waals surface area contributed by atoms with Gasteiger partial charge in [-0.2, -0.15) is 0 Å². The van der Waals surface area contributed by atoms with Gasteiger partial charge in [-0.1, -0.05) is 329 Å². The molecule has 0 saturated carbocycles. The van der Waals surface area contributed by atoms with Crippen molar-refractivity contribution in [2.24, 2.45) is 0 Å². The van der Waals surface area contributed by atoms with E-state index in [1.54, 1.807) is 0 Å². The molecule has 0 aliphatic heterocycles. The quantitative estimate of drug-likeness (QED) is 0.0343. The Labute approximate surface area is 431 Å². The van der Waals surface area contributed by atoms with Gasteiger partial charge in [0.2, 0.25) is 0 Å². The molecule has 0 rings (SSSR count). The number of rotatable bonds is 59. The minimum atomic E-state index is -0.760. The molecule has 0 radical (unpaired) electrons. The van der Waals surface area contributed by atoms with Gasteiger partial charge in [-0.3, -0.25) is 14.4 Å². The first-order valence-corrected chi connectivity index (χ1v) is 31.5. The Morgan fingerprint density at radius 2 is 0.391 bits per heavy atom. The average molecular weight is 976 g/mol. The number of unbranched alkanes of at least 4 members (excludes halogenated alkanes) is 48. The molecule has 0 aliphatic rings. The molecule has 1 unspecified atom stereocenters. The summed E-state index contributed by atoms with van der Waals surface area (Å²) in [5, 5.41) is 0. The van der Waals surface area contributed by atoms with E-state index in [0.29, 0.717) is 19.3 Å². The summed E-state index contributed by atoms with van der Waals surface area (Å²) >= 11 is 0. The zero-order chi connectivity index (χ0) is 50.0. The second-order valence-electron chi connectivity index (χ2n) is 21.7. The summed E-state index contributed by atoms with van der Waals surface area (Å²) in [4.78, 5) is 38.1. The summed E-state index contributed by atoms with van der Waals surface area (Å²) in [7, 11) is 0. The summed E-state index contributed by atoms with van der Waals surface area (Å²) in [5.41, 5.74) is 0. The van der Waals surface area contributed by atoms with E-state index in [-0.39, 0.29) is 31.1 Å². The van der Waals surface area contributed by atoms with E-state index >= 15 is 0 Å². The SMILES string of the molecule is CCCCCCCCCCCCCCCCCCCCCCCCCCCCCCC(=O)OCC(COC(=O)CCCCCCCCCCC)OC(=O)CCCCCCCCCCCCCCCC. The van der Waals surface area contributed by atoms with Crippen LogP contribution in [-0.2, 0) is 28.6 Å². The number of ether oxygens (including phenoxy) is 3. The molecule has 6 nitrogen and oxygen atoms in total. The van der Waals surface area contributed by atoms with Gasteiger partial charge in [0, 0.05) is 19.3 Å². The van der Waals surface area contributed by atoms with E-state index in [1.807, 2.05) is 0 Å². The predicted molar refractivity (Wildman–Crippen MR) is 298 cm³/mol. The number of carbonyl (C=O) groups is 3. The number of carbonyl (C=O) groups excluding carboxylic acids is 3. The van der Waals surface area contributed by atoms with Crippen molar-refractivity contribution in [3.63, 3.8) is 0 Å². The summed E-state index contributed by atoms with van der Waals surface area (Å²) < 4.78 is 16.9. The van der Waals surface area contributed by atoms with Gasteiger partial charge < -0.3 is 14.2 Å². The van der Waals surface area contributed by atoms with Crippen molar-refractivity contribution in [1.29, 1.82) is 0 Å². The maximum absolute atomic E-state index is 12.8. The third-order valence-electron chi connectivity index (χ3n) is 14.6. The van der Waals surface area contributed by atoms with Crippen LogP contribution in [-0.4, -0.2) is 37.2 Å². The van der Waals surface area contributed by atoms with Crippen molar-refractivity contribution >= 4 is 17.9 Å². The largest absolute Gasteiger partial charge is 0.462 e. The molecular weight excluding hydrogens is 853 g/mol. The fraction of sp³-hybridized carbons (Fsp3) is 0.952. The van der Waals surface area contributed by atoms with E-state index in [2.05, 4.69) is 20.8 Å². The lowest BCUT2D eigenvalue weighted by molar-refractivity contribution is -0.167. The summed E-state index contributed by atoms with van der Waals surface area (Å²) in [5.74, 6) is -0.835. The molecule has 0 heterocycles. The lowest BCUT2D eigenvalue weighted by Gasteiger charge is -2.18. The fourth-order valence-corrected chi connectivity index (χ4v) is 9.86. The molecule has 6 heteroatoms. The first kappa shape index (κ1) is 67.4. The van der Waals surface area contributed by atoms with Gasteiger partial charge in [-0.25, -0.2) is 0 Å². The van der Waals surface area contributed by atoms with Crippen LogP contribution in [0.25, 0.3) is 0 Å². The zero-order valence-corrected chi connectivity index (χ0v) is 47.1. The van der Waals surface area contributed by atoms with E-state index < -0.39 is 6.10 Å². The Kier molecular flexibility index (Phi) is 57.6. The molecule has 0 N–H and O–H groups in total. The van der Waals surface area contributed by atoms with Gasteiger partial charge in [-0.15, -0.1) is 0 Å². The van der Waals surface area contributed by atoms with Crippen LogP contribution in [0.5, 0.6) is 0 Å². The highest BCUT2D eigenvalue weighted by Gasteiger charge is 2.19. The highest BCUT2D eigenvalue weighted by molar-refractivity contribution is 5.71. The summed E-state index contributed by atoms with van der Waals surface area (Å²) in [6.45, 7) is 6.69. The van der Waals surface area contributed by atoms with Gasteiger partial charge >= 0.3 is 17.9 Å². The van der Waals surface area contributed by atoms with Gasteiger partial charge in [-0.05, 0) is 19.3 Å². The minimum Gasteiger partial charge on any atom is -0.462 e. The molecule has 0 aromatic heterocycles. The standard InChI is InChI=1S/C63H122O6/c1-4-7-10-13-16-19-21-23-25-26-27-28-29-30-31-32-33-34-35-36-37-38-40-41-44-47-50-53-56-62(65)68-59-60(58-67-61(64)55-52-49-46-43-18-15-12-9-6-3)69-63(66)57-54-51-48-45-42-39-24-22-20-17-14-11-8-5-2/h60H,4-59H2,1-3H3. The van der Waals surface area contributed by atoms with Crippen LogP contribution >= 0.6 is 0 Å². The Bertz CT molecular complexity index is 1030. The van der Waals surface area contributed by atoms with Crippen molar-refractivity contribution in [2.75, 3.05) is 13.2 Å². The minimum absolute atomic E-state index is 0.0613. The molecule has 0 aromatic carbocycles. The molecule has 69 heavy (non-hydrogen) atoms.